The van der Waals surface area contributed by atoms with E-state index >= 15 is 0 Å². The van der Waals surface area contributed by atoms with E-state index in [0.717, 1.165) is 6.21 Å². The smallest absolute Gasteiger partial charge is 0.270 e. The number of hydrogen-bond donors (Lipinski definition) is 2. The molecule has 1 aromatic carbocycles. The highest BCUT2D eigenvalue weighted by molar-refractivity contribution is 6.36. The SMILES string of the molecule is O=C(C=NO)Nc1cc(Cl)cc(Cl)c1. The van der Waals surface area contributed by atoms with Gasteiger partial charge in [0.15, 0.2) is 0 Å². The topological polar surface area (TPSA) is 61.7 Å². The first-order valence-corrected chi connectivity index (χ1v) is 4.32. The maximum atomic E-state index is 10.9. The molecule has 0 heterocycles. The van der Waals surface area contributed by atoms with Crippen molar-refractivity contribution >= 4 is 41.0 Å². The Morgan fingerprint density at radius 3 is 2.43 bits per heavy atom. The maximum Gasteiger partial charge on any atom is 0.270 e. The predicted octanol–water partition coefficient (Wildman–Crippen LogP) is 2.39. The monoisotopic (exact) mass is 232 g/mol. The molecule has 0 aliphatic heterocycles. The maximum absolute atomic E-state index is 10.9. The summed E-state index contributed by atoms with van der Waals surface area (Å²) in [5.41, 5.74) is 0.437. The lowest BCUT2D eigenvalue weighted by atomic mass is 10.3. The highest BCUT2D eigenvalue weighted by Crippen LogP contribution is 2.22. The van der Waals surface area contributed by atoms with E-state index in [-0.39, 0.29) is 0 Å². The second kappa shape index (κ2) is 4.83. The second-order valence-electron chi connectivity index (χ2n) is 2.39. The first-order valence-electron chi connectivity index (χ1n) is 3.56. The third-order valence-electron chi connectivity index (χ3n) is 1.31. The summed E-state index contributed by atoms with van der Waals surface area (Å²) in [6.07, 6.45) is 0.731. The zero-order chi connectivity index (χ0) is 10.6. The van der Waals surface area contributed by atoms with Crippen LogP contribution in [-0.2, 0) is 4.79 Å². The van der Waals surface area contributed by atoms with Gasteiger partial charge in [-0.15, -0.1) is 0 Å². The number of oxime groups is 1. The fourth-order valence-electron chi connectivity index (χ4n) is 0.853. The van der Waals surface area contributed by atoms with E-state index in [4.69, 9.17) is 28.4 Å². The van der Waals surface area contributed by atoms with Gasteiger partial charge in [-0.3, -0.25) is 4.79 Å². The Morgan fingerprint density at radius 1 is 1.36 bits per heavy atom. The van der Waals surface area contributed by atoms with E-state index in [2.05, 4.69) is 10.5 Å². The minimum atomic E-state index is -0.564. The average Bonchev–Trinajstić information content (AvgIpc) is 2.01. The number of halogens is 2. The van der Waals surface area contributed by atoms with Crippen LogP contribution in [0.15, 0.2) is 23.4 Å². The molecular formula is C8H6Cl2N2O2. The average molecular weight is 233 g/mol. The van der Waals surface area contributed by atoms with Crippen LogP contribution in [0.3, 0.4) is 0 Å². The zero-order valence-corrected chi connectivity index (χ0v) is 8.38. The third-order valence-corrected chi connectivity index (χ3v) is 1.74. The lowest BCUT2D eigenvalue weighted by Crippen LogP contribution is -2.12. The van der Waals surface area contributed by atoms with Crippen molar-refractivity contribution in [1.82, 2.24) is 0 Å². The Morgan fingerprint density at radius 2 is 1.93 bits per heavy atom. The molecule has 6 heteroatoms. The van der Waals surface area contributed by atoms with Gasteiger partial charge in [-0.2, -0.15) is 0 Å². The van der Waals surface area contributed by atoms with E-state index in [1.807, 2.05) is 0 Å². The molecule has 0 aliphatic rings. The van der Waals surface area contributed by atoms with Crippen LogP contribution in [0.1, 0.15) is 0 Å². The summed E-state index contributed by atoms with van der Waals surface area (Å²) < 4.78 is 0. The number of carbonyl (C=O) groups excluding carboxylic acids is 1. The molecule has 0 unspecified atom stereocenters. The minimum absolute atomic E-state index is 0.411. The van der Waals surface area contributed by atoms with Crippen LogP contribution < -0.4 is 5.32 Å². The van der Waals surface area contributed by atoms with Crippen molar-refractivity contribution in [3.8, 4) is 0 Å². The lowest BCUT2D eigenvalue weighted by molar-refractivity contribution is -0.110. The van der Waals surface area contributed by atoms with E-state index in [0.29, 0.717) is 15.7 Å². The number of carbonyl (C=O) groups is 1. The van der Waals surface area contributed by atoms with Gasteiger partial charge in [0.05, 0.1) is 0 Å². The van der Waals surface area contributed by atoms with Crippen LogP contribution in [0.4, 0.5) is 5.69 Å². The molecule has 0 saturated heterocycles. The molecule has 0 aromatic heterocycles. The van der Waals surface area contributed by atoms with E-state index in [1.54, 1.807) is 6.07 Å². The molecule has 74 valence electrons. The number of anilines is 1. The number of nitrogens with one attached hydrogen (secondary N) is 1. The molecule has 1 rings (SSSR count). The summed E-state index contributed by atoms with van der Waals surface area (Å²) in [7, 11) is 0. The Balaban J connectivity index is 2.81. The largest absolute Gasteiger partial charge is 0.411 e. The number of rotatable bonds is 2. The van der Waals surface area contributed by atoms with Crippen molar-refractivity contribution in [3.05, 3.63) is 28.2 Å². The van der Waals surface area contributed by atoms with E-state index in [9.17, 15) is 4.79 Å². The summed E-state index contributed by atoms with van der Waals surface area (Å²) in [5.74, 6) is -0.564. The third kappa shape index (κ3) is 3.24. The van der Waals surface area contributed by atoms with Crippen LogP contribution in [0, 0.1) is 0 Å². The van der Waals surface area contributed by atoms with Gasteiger partial charge in [0.1, 0.15) is 6.21 Å². The molecule has 0 radical (unpaired) electrons. The first kappa shape index (κ1) is 10.8. The molecular weight excluding hydrogens is 227 g/mol. The summed E-state index contributed by atoms with van der Waals surface area (Å²) in [5, 5.41) is 13.9. The van der Waals surface area contributed by atoms with Crippen molar-refractivity contribution in [2.75, 3.05) is 5.32 Å². The van der Waals surface area contributed by atoms with Crippen LogP contribution >= 0.6 is 23.2 Å². The van der Waals surface area contributed by atoms with Crippen molar-refractivity contribution in [3.63, 3.8) is 0 Å². The second-order valence-corrected chi connectivity index (χ2v) is 3.26. The highest BCUT2D eigenvalue weighted by Gasteiger charge is 2.01. The van der Waals surface area contributed by atoms with Crippen LogP contribution in [0.5, 0.6) is 0 Å². The molecule has 0 atom stereocenters. The molecule has 0 saturated carbocycles. The van der Waals surface area contributed by atoms with E-state index < -0.39 is 5.91 Å². The highest BCUT2D eigenvalue weighted by atomic mass is 35.5. The predicted molar refractivity (Wildman–Crippen MR) is 55.4 cm³/mol. The fraction of sp³-hybridized carbons (Fsp3) is 0. The zero-order valence-electron chi connectivity index (χ0n) is 6.87. The number of hydrogen-bond acceptors (Lipinski definition) is 3. The molecule has 0 aliphatic carbocycles. The van der Waals surface area contributed by atoms with Gasteiger partial charge in [0, 0.05) is 15.7 Å². The molecule has 1 amide bonds. The molecule has 0 fully saturated rings. The Bertz CT molecular complexity index is 359. The van der Waals surface area contributed by atoms with Crippen LogP contribution in [0.25, 0.3) is 0 Å². The molecule has 0 bridgehead atoms. The number of nitrogens with zero attached hydrogens (tertiary/aromatic N) is 1. The van der Waals surface area contributed by atoms with Gasteiger partial charge in [-0.25, -0.2) is 0 Å². The molecule has 4 nitrogen and oxygen atoms in total. The fourth-order valence-corrected chi connectivity index (χ4v) is 1.38. The van der Waals surface area contributed by atoms with Gasteiger partial charge in [0.2, 0.25) is 0 Å². The quantitative estimate of drug-likeness (QED) is 0.468. The Labute approximate surface area is 90.1 Å². The molecule has 2 N–H and O–H groups in total. The number of benzene rings is 1. The summed E-state index contributed by atoms with van der Waals surface area (Å²) in [6.45, 7) is 0. The van der Waals surface area contributed by atoms with Crippen LogP contribution in [0.2, 0.25) is 10.0 Å². The summed E-state index contributed by atoms with van der Waals surface area (Å²) >= 11 is 11.4. The standard InChI is InChI=1S/C8H6Cl2N2O2/c9-5-1-6(10)3-7(2-5)12-8(13)4-11-14/h1-4,14H,(H,12,13). The lowest BCUT2D eigenvalue weighted by Gasteiger charge is -2.02. The van der Waals surface area contributed by atoms with Crippen molar-refractivity contribution in [2.24, 2.45) is 5.16 Å². The summed E-state index contributed by atoms with van der Waals surface area (Å²) in [4.78, 5) is 10.9. The van der Waals surface area contributed by atoms with Gasteiger partial charge in [0.25, 0.3) is 5.91 Å². The van der Waals surface area contributed by atoms with Crippen molar-refractivity contribution in [2.45, 2.75) is 0 Å². The molecule has 14 heavy (non-hydrogen) atoms. The van der Waals surface area contributed by atoms with Gasteiger partial charge in [-0.05, 0) is 18.2 Å². The minimum Gasteiger partial charge on any atom is -0.411 e. The number of amides is 1. The van der Waals surface area contributed by atoms with E-state index in [1.165, 1.54) is 12.1 Å². The normalized spacial score (nSPS) is 10.4. The van der Waals surface area contributed by atoms with Gasteiger partial charge in [-0.1, -0.05) is 28.4 Å². The van der Waals surface area contributed by atoms with Crippen LogP contribution in [-0.4, -0.2) is 17.3 Å². The van der Waals surface area contributed by atoms with Gasteiger partial charge >= 0.3 is 0 Å². The van der Waals surface area contributed by atoms with Crippen molar-refractivity contribution < 1.29 is 10.0 Å². The Kier molecular flexibility index (Phi) is 3.73. The molecule has 0 spiro atoms. The summed E-state index contributed by atoms with van der Waals surface area (Å²) in [6, 6.07) is 4.59. The first-order chi connectivity index (χ1) is 6.61. The Hall–Kier alpha value is -1.26. The molecule has 1 aromatic rings. The van der Waals surface area contributed by atoms with Crippen molar-refractivity contribution in [1.29, 1.82) is 0 Å². The van der Waals surface area contributed by atoms with Gasteiger partial charge < -0.3 is 10.5 Å².